The first-order valence-corrected chi connectivity index (χ1v) is 8.30. The average Bonchev–Trinajstić information content (AvgIpc) is 3.29. The van der Waals surface area contributed by atoms with E-state index in [1.807, 2.05) is 48.1 Å². The van der Waals surface area contributed by atoms with Crippen LogP contribution >= 0.6 is 0 Å². The fourth-order valence-electron chi connectivity index (χ4n) is 2.69. The molecular weight excluding hydrogens is 328 g/mol. The molecule has 1 N–H and O–H groups in total. The lowest BCUT2D eigenvalue weighted by Gasteiger charge is -2.11. The van der Waals surface area contributed by atoms with Gasteiger partial charge in [0, 0.05) is 24.5 Å². The zero-order valence-electron chi connectivity index (χ0n) is 14.5. The second-order valence-electron chi connectivity index (χ2n) is 5.96. The summed E-state index contributed by atoms with van der Waals surface area (Å²) in [6.45, 7) is 4.39. The normalized spacial score (nSPS) is 10.8. The minimum absolute atomic E-state index is 0.486. The third-order valence-corrected chi connectivity index (χ3v) is 3.96. The molecule has 130 valence electrons. The summed E-state index contributed by atoms with van der Waals surface area (Å²) < 4.78 is 7.11. The molecule has 0 aliphatic heterocycles. The molecule has 7 nitrogen and oxygen atoms in total. The smallest absolute Gasteiger partial charge is 0.258 e. The molecule has 0 spiro atoms. The largest absolute Gasteiger partial charge is 0.366 e. The lowest BCUT2D eigenvalue weighted by atomic mass is 10.1. The number of para-hydroxylation sites is 1. The third kappa shape index (κ3) is 3.32. The van der Waals surface area contributed by atoms with Crippen LogP contribution in [0.25, 0.3) is 17.1 Å². The van der Waals surface area contributed by atoms with Gasteiger partial charge < -0.3 is 9.84 Å². The van der Waals surface area contributed by atoms with Gasteiger partial charge in [-0.15, -0.1) is 0 Å². The Balaban J connectivity index is 1.55. The number of aromatic nitrogens is 5. The van der Waals surface area contributed by atoms with Gasteiger partial charge in [0.2, 0.25) is 0 Å². The van der Waals surface area contributed by atoms with Gasteiger partial charge in [-0.3, -0.25) is 0 Å². The van der Waals surface area contributed by atoms with Crippen molar-refractivity contribution < 1.29 is 4.52 Å². The van der Waals surface area contributed by atoms with Crippen LogP contribution in [0, 0.1) is 13.8 Å². The van der Waals surface area contributed by atoms with Gasteiger partial charge in [0.15, 0.2) is 5.82 Å². The molecule has 0 amide bonds. The van der Waals surface area contributed by atoms with Crippen molar-refractivity contribution in [2.75, 3.05) is 5.32 Å². The molecule has 0 atom stereocenters. The Labute approximate surface area is 150 Å². The van der Waals surface area contributed by atoms with E-state index in [2.05, 4.69) is 37.7 Å². The Kier molecular flexibility index (Phi) is 4.18. The maximum atomic E-state index is 5.22. The second kappa shape index (κ2) is 6.79. The zero-order valence-corrected chi connectivity index (χ0v) is 14.5. The van der Waals surface area contributed by atoms with Crippen molar-refractivity contribution in [1.29, 1.82) is 0 Å². The first kappa shape index (κ1) is 16.0. The highest BCUT2D eigenvalue weighted by Gasteiger charge is 2.09. The molecule has 0 bridgehead atoms. The molecular formula is C19H18N6O. The van der Waals surface area contributed by atoms with Gasteiger partial charge in [-0.2, -0.15) is 10.1 Å². The first-order valence-electron chi connectivity index (χ1n) is 8.30. The van der Waals surface area contributed by atoms with Crippen LogP contribution in [-0.2, 0) is 6.54 Å². The van der Waals surface area contributed by atoms with Crippen molar-refractivity contribution in [2.45, 2.75) is 20.4 Å². The van der Waals surface area contributed by atoms with E-state index in [1.54, 1.807) is 13.1 Å². The summed E-state index contributed by atoms with van der Waals surface area (Å²) in [6.07, 6.45) is 3.69. The summed E-state index contributed by atoms with van der Waals surface area (Å²) in [6, 6.07) is 13.9. The van der Waals surface area contributed by atoms with Gasteiger partial charge in [-0.05, 0) is 43.7 Å². The summed E-state index contributed by atoms with van der Waals surface area (Å²) >= 11 is 0. The second-order valence-corrected chi connectivity index (χ2v) is 5.96. The quantitative estimate of drug-likeness (QED) is 0.595. The van der Waals surface area contributed by atoms with Crippen LogP contribution in [0.4, 0.5) is 5.82 Å². The third-order valence-electron chi connectivity index (χ3n) is 3.96. The van der Waals surface area contributed by atoms with E-state index >= 15 is 0 Å². The van der Waals surface area contributed by atoms with Gasteiger partial charge >= 0.3 is 0 Å². The van der Waals surface area contributed by atoms with Crippen LogP contribution in [0.3, 0.4) is 0 Å². The molecule has 0 fully saturated rings. The standard InChI is InChI=1S/C19H18N6O/c1-13-8-10-25(23-13)17-6-4-3-5-16(17)12-21-18-11-15(7-9-20-18)19-22-14(2)24-26-19/h3-11H,12H2,1-2H3,(H,20,21). The molecule has 3 heterocycles. The number of rotatable bonds is 5. The molecule has 0 saturated carbocycles. The molecule has 0 radical (unpaired) electrons. The van der Waals surface area contributed by atoms with E-state index < -0.39 is 0 Å². The van der Waals surface area contributed by atoms with E-state index in [-0.39, 0.29) is 0 Å². The molecule has 0 unspecified atom stereocenters. The molecule has 4 rings (SSSR count). The van der Waals surface area contributed by atoms with E-state index in [9.17, 15) is 0 Å². The fourth-order valence-corrected chi connectivity index (χ4v) is 2.69. The van der Waals surface area contributed by atoms with Crippen LogP contribution in [0.5, 0.6) is 0 Å². The highest BCUT2D eigenvalue weighted by atomic mass is 16.5. The Morgan fingerprint density at radius 3 is 2.77 bits per heavy atom. The number of nitrogens with one attached hydrogen (secondary N) is 1. The predicted octanol–water partition coefficient (Wildman–Crippen LogP) is 3.55. The van der Waals surface area contributed by atoms with Gasteiger partial charge in [0.05, 0.1) is 11.4 Å². The van der Waals surface area contributed by atoms with E-state index in [0.717, 1.165) is 28.3 Å². The summed E-state index contributed by atoms with van der Waals surface area (Å²) in [5.41, 5.74) is 3.98. The number of anilines is 1. The Morgan fingerprint density at radius 1 is 1.12 bits per heavy atom. The molecule has 0 aliphatic rings. The van der Waals surface area contributed by atoms with Gasteiger partial charge in [0.1, 0.15) is 5.82 Å². The molecule has 7 heteroatoms. The maximum absolute atomic E-state index is 5.22. The van der Waals surface area contributed by atoms with E-state index in [1.165, 1.54) is 0 Å². The lowest BCUT2D eigenvalue weighted by molar-refractivity contribution is 0.425. The Morgan fingerprint density at radius 2 is 2.00 bits per heavy atom. The highest BCUT2D eigenvalue weighted by Crippen LogP contribution is 2.20. The van der Waals surface area contributed by atoms with Crippen LogP contribution in [0.2, 0.25) is 0 Å². The number of nitrogens with zero attached hydrogens (tertiary/aromatic N) is 5. The monoisotopic (exact) mass is 346 g/mol. The summed E-state index contributed by atoms with van der Waals surface area (Å²) in [5, 5.41) is 11.7. The van der Waals surface area contributed by atoms with E-state index in [4.69, 9.17) is 4.52 Å². The van der Waals surface area contributed by atoms with Gasteiger partial charge in [0.25, 0.3) is 5.89 Å². The van der Waals surface area contributed by atoms with Crippen molar-refractivity contribution in [3.63, 3.8) is 0 Å². The minimum atomic E-state index is 0.486. The number of pyridine rings is 1. The van der Waals surface area contributed by atoms with Crippen LogP contribution in [0.1, 0.15) is 17.1 Å². The number of hydrogen-bond acceptors (Lipinski definition) is 6. The maximum Gasteiger partial charge on any atom is 0.258 e. The highest BCUT2D eigenvalue weighted by molar-refractivity contribution is 5.58. The van der Waals surface area contributed by atoms with Crippen molar-refractivity contribution in [2.24, 2.45) is 0 Å². The molecule has 26 heavy (non-hydrogen) atoms. The average molecular weight is 346 g/mol. The summed E-state index contributed by atoms with van der Waals surface area (Å²) in [5.74, 6) is 1.83. The number of benzene rings is 1. The molecule has 3 aromatic heterocycles. The van der Waals surface area contributed by atoms with Crippen LogP contribution in [0.15, 0.2) is 59.4 Å². The van der Waals surface area contributed by atoms with Crippen molar-refractivity contribution >= 4 is 5.82 Å². The van der Waals surface area contributed by atoms with Gasteiger partial charge in [-0.1, -0.05) is 23.4 Å². The van der Waals surface area contributed by atoms with Crippen molar-refractivity contribution in [3.05, 3.63) is 71.9 Å². The van der Waals surface area contributed by atoms with Gasteiger partial charge in [-0.25, -0.2) is 9.67 Å². The van der Waals surface area contributed by atoms with Crippen LogP contribution in [-0.4, -0.2) is 24.9 Å². The van der Waals surface area contributed by atoms with Crippen LogP contribution < -0.4 is 5.32 Å². The fraction of sp³-hybridized carbons (Fsp3) is 0.158. The predicted molar refractivity (Wildman–Crippen MR) is 97.9 cm³/mol. The van der Waals surface area contributed by atoms with Crippen molar-refractivity contribution in [3.8, 4) is 17.1 Å². The minimum Gasteiger partial charge on any atom is -0.366 e. The van der Waals surface area contributed by atoms with E-state index in [0.29, 0.717) is 18.3 Å². The SMILES string of the molecule is Cc1ccn(-c2ccccc2CNc2cc(-c3nc(C)no3)ccn2)n1. The lowest BCUT2D eigenvalue weighted by Crippen LogP contribution is -2.06. The molecule has 1 aromatic carbocycles. The molecule has 0 aliphatic carbocycles. The Bertz CT molecular complexity index is 1040. The topological polar surface area (TPSA) is 81.7 Å². The molecule has 4 aromatic rings. The van der Waals surface area contributed by atoms with Crippen molar-refractivity contribution in [1.82, 2.24) is 24.9 Å². The summed E-state index contributed by atoms with van der Waals surface area (Å²) in [7, 11) is 0. The zero-order chi connectivity index (χ0) is 17.9. The molecule has 0 saturated heterocycles. The summed E-state index contributed by atoms with van der Waals surface area (Å²) in [4.78, 5) is 8.62. The number of hydrogen-bond donors (Lipinski definition) is 1. The first-order chi connectivity index (χ1) is 12.7. The Hall–Kier alpha value is -3.48. The number of aryl methyl sites for hydroxylation is 2.